The Morgan fingerprint density at radius 2 is 1.95 bits per heavy atom. The van der Waals surface area contributed by atoms with E-state index in [9.17, 15) is 9.59 Å². The molecule has 1 unspecified atom stereocenters. The number of nitrogens with two attached hydrogens (primary N) is 1. The molecule has 0 radical (unpaired) electrons. The molecule has 0 spiro atoms. The summed E-state index contributed by atoms with van der Waals surface area (Å²) in [4.78, 5) is 24.9. The molecule has 20 heavy (non-hydrogen) atoms. The van der Waals surface area contributed by atoms with Gasteiger partial charge in [-0.1, -0.05) is 30.3 Å². The second kappa shape index (κ2) is 8.32. The summed E-state index contributed by atoms with van der Waals surface area (Å²) in [6.45, 7) is 2.48. The number of carbonyl (C=O) groups is 2. The SMILES string of the molecule is CCN(CC(=O)NC)C(=O)CCC(N)c1ccccc1. The number of hydrogen-bond acceptors (Lipinski definition) is 3. The zero-order valence-electron chi connectivity index (χ0n) is 12.1. The van der Waals surface area contributed by atoms with Crippen molar-refractivity contribution < 1.29 is 9.59 Å². The summed E-state index contributed by atoms with van der Waals surface area (Å²) < 4.78 is 0. The Labute approximate surface area is 120 Å². The maximum atomic E-state index is 12.1. The fourth-order valence-electron chi connectivity index (χ4n) is 1.93. The van der Waals surface area contributed by atoms with Crippen LogP contribution in [0.25, 0.3) is 0 Å². The van der Waals surface area contributed by atoms with Crippen molar-refractivity contribution in [3.63, 3.8) is 0 Å². The van der Waals surface area contributed by atoms with Crippen LogP contribution in [0.5, 0.6) is 0 Å². The maximum absolute atomic E-state index is 12.1. The molecule has 1 atom stereocenters. The van der Waals surface area contributed by atoms with E-state index in [2.05, 4.69) is 5.32 Å². The van der Waals surface area contributed by atoms with Gasteiger partial charge in [-0.2, -0.15) is 0 Å². The summed E-state index contributed by atoms with van der Waals surface area (Å²) in [7, 11) is 1.56. The molecule has 0 aromatic heterocycles. The minimum atomic E-state index is -0.160. The number of likely N-dealkylation sites (N-methyl/N-ethyl adjacent to an activating group) is 2. The van der Waals surface area contributed by atoms with Crippen molar-refractivity contribution in [2.45, 2.75) is 25.8 Å². The topological polar surface area (TPSA) is 75.4 Å². The van der Waals surface area contributed by atoms with Gasteiger partial charge in [0.05, 0.1) is 6.54 Å². The molecule has 5 heteroatoms. The molecule has 0 aliphatic rings. The molecule has 3 N–H and O–H groups in total. The van der Waals surface area contributed by atoms with Gasteiger partial charge >= 0.3 is 0 Å². The van der Waals surface area contributed by atoms with E-state index in [0.717, 1.165) is 5.56 Å². The lowest BCUT2D eigenvalue weighted by atomic mass is 10.0. The number of rotatable bonds is 7. The zero-order chi connectivity index (χ0) is 15.0. The smallest absolute Gasteiger partial charge is 0.239 e. The highest BCUT2D eigenvalue weighted by atomic mass is 16.2. The largest absolute Gasteiger partial charge is 0.358 e. The van der Waals surface area contributed by atoms with Crippen LogP contribution in [0, 0.1) is 0 Å². The van der Waals surface area contributed by atoms with Crippen molar-refractivity contribution in [1.29, 1.82) is 0 Å². The van der Waals surface area contributed by atoms with Crippen molar-refractivity contribution in [2.24, 2.45) is 5.73 Å². The average molecular weight is 277 g/mol. The third-order valence-electron chi connectivity index (χ3n) is 3.24. The first kappa shape index (κ1) is 16.2. The number of hydrogen-bond donors (Lipinski definition) is 2. The summed E-state index contributed by atoms with van der Waals surface area (Å²) in [5.74, 6) is -0.199. The van der Waals surface area contributed by atoms with Crippen LogP contribution in [0.4, 0.5) is 0 Å². The maximum Gasteiger partial charge on any atom is 0.239 e. The van der Waals surface area contributed by atoms with Gasteiger partial charge in [-0.15, -0.1) is 0 Å². The van der Waals surface area contributed by atoms with Gasteiger partial charge in [0.25, 0.3) is 0 Å². The number of benzene rings is 1. The molecule has 0 bridgehead atoms. The first-order valence-electron chi connectivity index (χ1n) is 6.87. The Morgan fingerprint density at radius 1 is 1.30 bits per heavy atom. The van der Waals surface area contributed by atoms with E-state index in [1.165, 1.54) is 4.90 Å². The summed E-state index contributed by atoms with van der Waals surface area (Å²) in [6.07, 6.45) is 0.925. The van der Waals surface area contributed by atoms with Crippen LogP contribution in [0.1, 0.15) is 31.4 Å². The number of nitrogens with one attached hydrogen (secondary N) is 1. The van der Waals surface area contributed by atoms with E-state index < -0.39 is 0 Å². The second-order valence-electron chi connectivity index (χ2n) is 4.64. The van der Waals surface area contributed by atoms with Crippen molar-refractivity contribution in [1.82, 2.24) is 10.2 Å². The number of nitrogens with zero attached hydrogens (tertiary/aromatic N) is 1. The third-order valence-corrected chi connectivity index (χ3v) is 3.24. The van der Waals surface area contributed by atoms with Gasteiger partial charge < -0.3 is 16.0 Å². The van der Waals surface area contributed by atoms with E-state index in [-0.39, 0.29) is 24.4 Å². The Balaban J connectivity index is 2.47. The first-order valence-corrected chi connectivity index (χ1v) is 6.87. The summed E-state index contributed by atoms with van der Waals surface area (Å²) in [5, 5.41) is 2.52. The van der Waals surface area contributed by atoms with Crippen LogP contribution in [-0.2, 0) is 9.59 Å². The molecule has 0 aliphatic heterocycles. The molecular weight excluding hydrogens is 254 g/mol. The van der Waals surface area contributed by atoms with E-state index >= 15 is 0 Å². The standard InChI is InChI=1S/C15H23N3O2/c1-3-18(11-14(19)17-2)15(20)10-9-13(16)12-7-5-4-6-8-12/h4-8,13H,3,9-11,16H2,1-2H3,(H,17,19). The van der Waals surface area contributed by atoms with Gasteiger partial charge in [0.1, 0.15) is 0 Å². The first-order chi connectivity index (χ1) is 9.58. The molecule has 0 aliphatic carbocycles. The molecule has 2 amide bonds. The van der Waals surface area contributed by atoms with Crippen LogP contribution in [0.2, 0.25) is 0 Å². The molecule has 1 aromatic rings. The van der Waals surface area contributed by atoms with Gasteiger partial charge in [-0.05, 0) is 18.9 Å². The molecule has 0 heterocycles. The Bertz CT molecular complexity index is 434. The van der Waals surface area contributed by atoms with E-state index in [1.54, 1.807) is 7.05 Å². The lowest BCUT2D eigenvalue weighted by molar-refractivity contribution is -0.135. The molecule has 1 rings (SSSR count). The van der Waals surface area contributed by atoms with Crippen molar-refractivity contribution in [3.05, 3.63) is 35.9 Å². The highest BCUT2D eigenvalue weighted by Crippen LogP contribution is 2.15. The molecule has 0 saturated heterocycles. The van der Waals surface area contributed by atoms with Crippen LogP contribution in [0.3, 0.4) is 0 Å². The van der Waals surface area contributed by atoms with Gasteiger partial charge in [0.15, 0.2) is 0 Å². The number of amides is 2. The Morgan fingerprint density at radius 3 is 2.50 bits per heavy atom. The zero-order valence-corrected chi connectivity index (χ0v) is 12.1. The van der Waals surface area contributed by atoms with Gasteiger partial charge in [-0.25, -0.2) is 0 Å². The molecular formula is C15H23N3O2. The Kier molecular flexibility index (Phi) is 6.73. The van der Waals surface area contributed by atoms with E-state index in [4.69, 9.17) is 5.73 Å². The molecule has 1 aromatic carbocycles. The van der Waals surface area contributed by atoms with Gasteiger partial charge in [0, 0.05) is 26.1 Å². The molecule has 110 valence electrons. The predicted octanol–water partition coefficient (Wildman–Crippen LogP) is 1.06. The second-order valence-corrected chi connectivity index (χ2v) is 4.64. The summed E-state index contributed by atoms with van der Waals surface area (Å²) in [6, 6.07) is 9.55. The highest BCUT2D eigenvalue weighted by molar-refractivity contribution is 5.84. The van der Waals surface area contributed by atoms with E-state index in [0.29, 0.717) is 19.4 Å². The highest BCUT2D eigenvalue weighted by Gasteiger charge is 2.16. The van der Waals surface area contributed by atoms with Crippen LogP contribution in [0.15, 0.2) is 30.3 Å². The minimum absolute atomic E-state index is 0.0394. The lowest BCUT2D eigenvalue weighted by Gasteiger charge is -2.21. The predicted molar refractivity (Wildman–Crippen MR) is 78.9 cm³/mol. The normalized spacial score (nSPS) is 11.8. The van der Waals surface area contributed by atoms with Crippen LogP contribution in [-0.4, -0.2) is 36.9 Å². The van der Waals surface area contributed by atoms with Crippen molar-refractivity contribution in [3.8, 4) is 0 Å². The molecule has 0 fully saturated rings. The van der Waals surface area contributed by atoms with E-state index in [1.807, 2.05) is 37.3 Å². The third kappa shape index (κ3) is 5.01. The summed E-state index contributed by atoms with van der Waals surface area (Å²) in [5.41, 5.74) is 7.09. The number of carbonyl (C=O) groups excluding carboxylic acids is 2. The Hall–Kier alpha value is -1.88. The van der Waals surface area contributed by atoms with Gasteiger partial charge in [-0.3, -0.25) is 9.59 Å². The average Bonchev–Trinajstić information content (AvgIpc) is 2.50. The van der Waals surface area contributed by atoms with Crippen LogP contribution < -0.4 is 11.1 Å². The molecule has 0 saturated carbocycles. The van der Waals surface area contributed by atoms with Crippen molar-refractivity contribution in [2.75, 3.05) is 20.1 Å². The quantitative estimate of drug-likeness (QED) is 0.782. The van der Waals surface area contributed by atoms with Gasteiger partial charge in [0.2, 0.25) is 11.8 Å². The lowest BCUT2D eigenvalue weighted by Crippen LogP contribution is -2.39. The monoisotopic (exact) mass is 277 g/mol. The van der Waals surface area contributed by atoms with Crippen molar-refractivity contribution >= 4 is 11.8 Å². The van der Waals surface area contributed by atoms with Crippen LogP contribution >= 0.6 is 0 Å². The minimum Gasteiger partial charge on any atom is -0.358 e. The fourth-order valence-corrected chi connectivity index (χ4v) is 1.93. The fraction of sp³-hybridized carbons (Fsp3) is 0.467. The summed E-state index contributed by atoms with van der Waals surface area (Å²) >= 11 is 0. The molecule has 5 nitrogen and oxygen atoms in total.